The Morgan fingerprint density at radius 3 is 2.75 bits per heavy atom. The standard InChI is InChI=1S/C15H17N3O2/c1-10-8-11(2)18(3)15(20)13(10)14(19)17-9-12-6-4-5-7-16-12/h4-8H,9H2,1-3H3,(H,17,19). The smallest absolute Gasteiger partial charge is 0.263 e. The van der Waals surface area contributed by atoms with Gasteiger partial charge in [-0.25, -0.2) is 0 Å². The van der Waals surface area contributed by atoms with Gasteiger partial charge >= 0.3 is 0 Å². The number of rotatable bonds is 3. The van der Waals surface area contributed by atoms with Gasteiger partial charge in [0.15, 0.2) is 0 Å². The predicted molar refractivity (Wildman–Crippen MR) is 76.6 cm³/mol. The summed E-state index contributed by atoms with van der Waals surface area (Å²) in [5.41, 5.74) is 2.18. The van der Waals surface area contributed by atoms with Gasteiger partial charge in [-0.05, 0) is 37.6 Å². The zero-order valence-electron chi connectivity index (χ0n) is 11.8. The van der Waals surface area contributed by atoms with Crippen molar-refractivity contribution >= 4 is 5.91 Å². The van der Waals surface area contributed by atoms with Crippen LogP contribution in [-0.2, 0) is 13.6 Å². The molecule has 0 spiro atoms. The minimum absolute atomic E-state index is 0.189. The Morgan fingerprint density at radius 1 is 1.35 bits per heavy atom. The molecule has 0 saturated heterocycles. The number of amides is 1. The van der Waals surface area contributed by atoms with Gasteiger partial charge in [0.25, 0.3) is 11.5 Å². The zero-order chi connectivity index (χ0) is 14.7. The first-order valence-electron chi connectivity index (χ1n) is 6.36. The molecule has 0 aliphatic carbocycles. The molecule has 0 bridgehead atoms. The number of nitrogens with zero attached hydrogens (tertiary/aromatic N) is 2. The minimum Gasteiger partial charge on any atom is -0.346 e. The Morgan fingerprint density at radius 2 is 2.10 bits per heavy atom. The molecule has 5 nitrogen and oxygen atoms in total. The highest BCUT2D eigenvalue weighted by Gasteiger charge is 2.15. The third-order valence-electron chi connectivity index (χ3n) is 3.25. The molecule has 1 N–H and O–H groups in total. The van der Waals surface area contributed by atoms with Crippen molar-refractivity contribution in [2.45, 2.75) is 20.4 Å². The van der Waals surface area contributed by atoms with E-state index in [0.29, 0.717) is 12.1 Å². The second kappa shape index (κ2) is 5.69. The van der Waals surface area contributed by atoms with E-state index < -0.39 is 0 Å². The number of pyridine rings is 2. The first kappa shape index (κ1) is 14.0. The minimum atomic E-state index is -0.367. The molecule has 2 heterocycles. The van der Waals surface area contributed by atoms with Crippen LogP contribution in [0.4, 0.5) is 0 Å². The maximum Gasteiger partial charge on any atom is 0.263 e. The second-order valence-electron chi connectivity index (χ2n) is 4.71. The van der Waals surface area contributed by atoms with Crippen molar-refractivity contribution in [2.24, 2.45) is 7.05 Å². The molecule has 0 fully saturated rings. The molecule has 1 amide bonds. The molecule has 2 rings (SSSR count). The fourth-order valence-corrected chi connectivity index (χ4v) is 2.02. The van der Waals surface area contributed by atoms with Crippen LogP contribution in [0.5, 0.6) is 0 Å². The van der Waals surface area contributed by atoms with Gasteiger partial charge in [-0.3, -0.25) is 14.6 Å². The van der Waals surface area contributed by atoms with E-state index in [2.05, 4.69) is 10.3 Å². The van der Waals surface area contributed by atoms with Crippen LogP contribution in [0.15, 0.2) is 35.3 Å². The maximum atomic E-state index is 12.2. The van der Waals surface area contributed by atoms with Crippen molar-refractivity contribution in [3.8, 4) is 0 Å². The SMILES string of the molecule is Cc1cc(C)n(C)c(=O)c1C(=O)NCc1ccccn1. The van der Waals surface area contributed by atoms with Crippen LogP contribution in [-0.4, -0.2) is 15.5 Å². The number of carbonyl (C=O) groups is 1. The highest BCUT2D eigenvalue weighted by atomic mass is 16.2. The van der Waals surface area contributed by atoms with Crippen LogP contribution in [0.2, 0.25) is 0 Å². The van der Waals surface area contributed by atoms with Crippen molar-refractivity contribution in [3.63, 3.8) is 0 Å². The summed E-state index contributed by atoms with van der Waals surface area (Å²) < 4.78 is 1.47. The Labute approximate surface area is 117 Å². The Bertz CT molecular complexity index is 690. The van der Waals surface area contributed by atoms with Crippen molar-refractivity contribution in [1.29, 1.82) is 0 Å². The molecule has 5 heteroatoms. The molecule has 0 atom stereocenters. The predicted octanol–water partition coefficient (Wildman–Crippen LogP) is 1.33. The lowest BCUT2D eigenvalue weighted by Crippen LogP contribution is -2.34. The van der Waals surface area contributed by atoms with Crippen LogP contribution in [0.25, 0.3) is 0 Å². The van der Waals surface area contributed by atoms with Crippen LogP contribution < -0.4 is 10.9 Å². The van der Waals surface area contributed by atoms with E-state index in [-0.39, 0.29) is 17.0 Å². The summed E-state index contributed by atoms with van der Waals surface area (Å²) in [5, 5.41) is 2.73. The van der Waals surface area contributed by atoms with E-state index in [9.17, 15) is 9.59 Å². The van der Waals surface area contributed by atoms with Crippen molar-refractivity contribution < 1.29 is 4.79 Å². The number of hydrogen-bond acceptors (Lipinski definition) is 3. The average molecular weight is 271 g/mol. The summed E-state index contributed by atoms with van der Waals surface area (Å²) >= 11 is 0. The first-order chi connectivity index (χ1) is 9.50. The number of aryl methyl sites for hydroxylation is 2. The van der Waals surface area contributed by atoms with Crippen LogP contribution in [0, 0.1) is 13.8 Å². The van der Waals surface area contributed by atoms with Gasteiger partial charge in [0.2, 0.25) is 0 Å². The van der Waals surface area contributed by atoms with Gasteiger partial charge < -0.3 is 9.88 Å². The molecular formula is C15H17N3O2. The summed E-state index contributed by atoms with van der Waals surface area (Å²) in [7, 11) is 1.66. The second-order valence-corrected chi connectivity index (χ2v) is 4.71. The van der Waals surface area contributed by atoms with Gasteiger partial charge in [0.05, 0.1) is 12.2 Å². The lowest BCUT2D eigenvalue weighted by atomic mass is 10.1. The molecule has 20 heavy (non-hydrogen) atoms. The lowest BCUT2D eigenvalue weighted by molar-refractivity contribution is 0.0947. The molecule has 0 saturated carbocycles. The van der Waals surface area contributed by atoms with Gasteiger partial charge in [-0.2, -0.15) is 0 Å². The Kier molecular flexibility index (Phi) is 3.98. The molecule has 0 aliphatic rings. The number of hydrogen-bond donors (Lipinski definition) is 1. The normalized spacial score (nSPS) is 10.3. The van der Waals surface area contributed by atoms with E-state index in [1.807, 2.05) is 31.2 Å². The van der Waals surface area contributed by atoms with E-state index in [4.69, 9.17) is 0 Å². The molecule has 0 unspecified atom stereocenters. The molecule has 0 aromatic carbocycles. The number of aromatic nitrogens is 2. The van der Waals surface area contributed by atoms with Crippen LogP contribution >= 0.6 is 0 Å². The van der Waals surface area contributed by atoms with E-state index in [1.165, 1.54) is 4.57 Å². The molecule has 0 radical (unpaired) electrons. The fraction of sp³-hybridized carbons (Fsp3) is 0.267. The van der Waals surface area contributed by atoms with E-state index in [0.717, 1.165) is 11.4 Å². The third-order valence-corrected chi connectivity index (χ3v) is 3.25. The molecule has 104 valence electrons. The van der Waals surface area contributed by atoms with Crippen molar-refractivity contribution in [1.82, 2.24) is 14.9 Å². The van der Waals surface area contributed by atoms with Gasteiger partial charge in [0.1, 0.15) is 5.56 Å². The molecular weight excluding hydrogens is 254 g/mol. The molecule has 2 aromatic heterocycles. The van der Waals surface area contributed by atoms with Gasteiger partial charge in [0, 0.05) is 18.9 Å². The fourth-order valence-electron chi connectivity index (χ4n) is 2.02. The maximum absolute atomic E-state index is 12.2. The zero-order valence-corrected chi connectivity index (χ0v) is 11.8. The van der Waals surface area contributed by atoms with Crippen molar-refractivity contribution in [2.75, 3.05) is 0 Å². The summed E-state index contributed by atoms with van der Waals surface area (Å²) in [6, 6.07) is 7.31. The largest absolute Gasteiger partial charge is 0.346 e. The monoisotopic (exact) mass is 271 g/mol. The highest BCUT2D eigenvalue weighted by Crippen LogP contribution is 2.05. The third kappa shape index (κ3) is 2.77. The summed E-state index contributed by atoms with van der Waals surface area (Å²) in [6.45, 7) is 3.91. The summed E-state index contributed by atoms with van der Waals surface area (Å²) in [5.74, 6) is -0.367. The molecule has 2 aromatic rings. The highest BCUT2D eigenvalue weighted by molar-refractivity contribution is 5.95. The van der Waals surface area contributed by atoms with E-state index >= 15 is 0 Å². The topological polar surface area (TPSA) is 64.0 Å². The van der Waals surface area contributed by atoms with Crippen molar-refractivity contribution in [3.05, 3.63) is 63.3 Å². The average Bonchev–Trinajstić information content (AvgIpc) is 2.44. The van der Waals surface area contributed by atoms with Crippen LogP contribution in [0.3, 0.4) is 0 Å². The van der Waals surface area contributed by atoms with Gasteiger partial charge in [-0.1, -0.05) is 6.07 Å². The molecule has 0 aliphatic heterocycles. The summed E-state index contributed by atoms with van der Waals surface area (Å²) in [4.78, 5) is 28.4. The summed E-state index contributed by atoms with van der Waals surface area (Å²) in [6.07, 6.45) is 1.66. The van der Waals surface area contributed by atoms with Crippen LogP contribution in [0.1, 0.15) is 27.3 Å². The number of nitrogens with one attached hydrogen (secondary N) is 1. The Hall–Kier alpha value is -2.43. The van der Waals surface area contributed by atoms with E-state index in [1.54, 1.807) is 20.2 Å². The first-order valence-corrected chi connectivity index (χ1v) is 6.36. The number of carbonyl (C=O) groups excluding carboxylic acids is 1. The van der Waals surface area contributed by atoms with Gasteiger partial charge in [-0.15, -0.1) is 0 Å². The Balaban J connectivity index is 2.22. The quantitative estimate of drug-likeness (QED) is 0.916. The lowest BCUT2D eigenvalue weighted by Gasteiger charge is -2.10.